The molecule has 0 bridgehead atoms. The van der Waals surface area contributed by atoms with E-state index in [4.69, 9.17) is 0 Å². The Balaban J connectivity index is 1.95. The van der Waals surface area contributed by atoms with E-state index in [1.807, 2.05) is 24.6 Å². The van der Waals surface area contributed by atoms with E-state index in [0.717, 1.165) is 24.3 Å². The minimum Gasteiger partial charge on any atom is -0.297 e. The number of hydrogen-bond acceptors (Lipinski definition) is 3. The van der Waals surface area contributed by atoms with Crippen molar-refractivity contribution in [3.63, 3.8) is 0 Å². The molecule has 0 atom stereocenters. The molecule has 2 rings (SSSR count). The zero-order chi connectivity index (χ0) is 12.3. The normalized spacial score (nSPS) is 11.1. The summed E-state index contributed by atoms with van der Waals surface area (Å²) in [6.45, 7) is 3.73. The minimum absolute atomic E-state index is 0.185. The first-order chi connectivity index (χ1) is 8.15. The van der Waals surface area contributed by atoms with E-state index in [1.54, 1.807) is 11.3 Å². The molecule has 17 heavy (non-hydrogen) atoms. The zero-order valence-electron chi connectivity index (χ0n) is 9.98. The molecule has 1 aromatic carbocycles. The number of rotatable bonds is 4. The molecule has 1 aromatic heterocycles. The van der Waals surface area contributed by atoms with E-state index in [0.29, 0.717) is 0 Å². The summed E-state index contributed by atoms with van der Waals surface area (Å²) >= 11 is 1.68. The molecule has 0 saturated carbocycles. The summed E-state index contributed by atoms with van der Waals surface area (Å²) in [5, 5.41) is 0. The lowest BCUT2D eigenvalue weighted by Gasteiger charge is -2.15. The second kappa shape index (κ2) is 5.38. The first kappa shape index (κ1) is 12.2. The highest BCUT2D eigenvalue weighted by Crippen LogP contribution is 2.15. The quantitative estimate of drug-likeness (QED) is 0.828. The highest BCUT2D eigenvalue weighted by atomic mass is 32.1. The maximum Gasteiger partial charge on any atom is 0.123 e. The lowest BCUT2D eigenvalue weighted by molar-refractivity contribution is 0.321. The summed E-state index contributed by atoms with van der Waals surface area (Å²) in [5.74, 6) is -0.185. The highest BCUT2D eigenvalue weighted by Gasteiger charge is 2.06. The average Bonchev–Trinajstić information content (AvgIpc) is 2.68. The van der Waals surface area contributed by atoms with E-state index in [2.05, 4.69) is 16.9 Å². The largest absolute Gasteiger partial charge is 0.297 e. The summed E-state index contributed by atoms with van der Waals surface area (Å²) in [6, 6.07) is 6.65. The number of halogens is 1. The van der Waals surface area contributed by atoms with Gasteiger partial charge in [-0.3, -0.25) is 4.90 Å². The molecule has 2 aromatic rings. The second-order valence-corrected chi connectivity index (χ2v) is 5.10. The topological polar surface area (TPSA) is 16.1 Å². The molecule has 0 saturated heterocycles. The Morgan fingerprint density at radius 3 is 2.53 bits per heavy atom. The molecule has 0 spiro atoms. The third-order valence-corrected chi connectivity index (χ3v) is 3.54. The first-order valence-electron chi connectivity index (χ1n) is 5.47. The average molecular weight is 250 g/mol. The number of thiazole rings is 1. The van der Waals surface area contributed by atoms with Crippen LogP contribution in [-0.4, -0.2) is 16.9 Å². The van der Waals surface area contributed by atoms with Crippen LogP contribution in [0.15, 0.2) is 29.8 Å². The van der Waals surface area contributed by atoms with Crippen molar-refractivity contribution >= 4 is 11.3 Å². The molecule has 1 heterocycles. The fourth-order valence-electron chi connectivity index (χ4n) is 1.68. The summed E-state index contributed by atoms with van der Waals surface area (Å²) in [5.41, 5.74) is 4.09. The molecule has 0 aliphatic rings. The van der Waals surface area contributed by atoms with Gasteiger partial charge in [0.15, 0.2) is 0 Å². The van der Waals surface area contributed by atoms with Crippen LogP contribution in [0.1, 0.15) is 16.1 Å². The van der Waals surface area contributed by atoms with E-state index < -0.39 is 0 Å². The SMILES string of the molecule is Cc1ncsc1CN(C)Cc1ccc(F)cc1. The molecule has 0 fully saturated rings. The molecule has 2 nitrogen and oxygen atoms in total. The fraction of sp³-hybridized carbons (Fsp3) is 0.308. The van der Waals surface area contributed by atoms with Crippen LogP contribution in [0, 0.1) is 12.7 Å². The smallest absolute Gasteiger partial charge is 0.123 e. The third-order valence-electron chi connectivity index (χ3n) is 2.62. The number of nitrogens with zero attached hydrogens (tertiary/aromatic N) is 2. The van der Waals surface area contributed by atoms with Gasteiger partial charge < -0.3 is 0 Å². The number of hydrogen-bond donors (Lipinski definition) is 0. The molecule has 4 heteroatoms. The summed E-state index contributed by atoms with van der Waals surface area (Å²) in [6.07, 6.45) is 0. The summed E-state index contributed by atoms with van der Waals surface area (Å²) < 4.78 is 12.8. The minimum atomic E-state index is -0.185. The standard InChI is InChI=1S/C13H15FN2S/c1-10-13(17-9-15-10)8-16(2)7-11-3-5-12(14)6-4-11/h3-6,9H,7-8H2,1-2H3. The van der Waals surface area contributed by atoms with Crippen LogP contribution in [0.25, 0.3) is 0 Å². The Hall–Kier alpha value is -1.26. The van der Waals surface area contributed by atoms with Gasteiger partial charge in [-0.05, 0) is 31.7 Å². The lowest BCUT2D eigenvalue weighted by Crippen LogP contribution is -2.17. The Morgan fingerprint density at radius 2 is 1.94 bits per heavy atom. The van der Waals surface area contributed by atoms with Gasteiger partial charge in [0.05, 0.1) is 11.2 Å². The second-order valence-electron chi connectivity index (χ2n) is 4.16. The van der Waals surface area contributed by atoms with Gasteiger partial charge in [0.1, 0.15) is 5.82 Å². The Labute approximate surface area is 105 Å². The van der Waals surface area contributed by atoms with Crippen molar-refractivity contribution in [1.29, 1.82) is 0 Å². The molecular weight excluding hydrogens is 235 g/mol. The zero-order valence-corrected chi connectivity index (χ0v) is 10.8. The Bertz CT molecular complexity index is 478. The molecule has 0 unspecified atom stereocenters. The van der Waals surface area contributed by atoms with Crippen molar-refractivity contribution in [3.8, 4) is 0 Å². The van der Waals surface area contributed by atoms with Gasteiger partial charge in [0.2, 0.25) is 0 Å². The van der Waals surface area contributed by atoms with E-state index in [9.17, 15) is 4.39 Å². The van der Waals surface area contributed by atoms with Crippen molar-refractivity contribution in [2.75, 3.05) is 7.05 Å². The van der Waals surface area contributed by atoms with Crippen molar-refractivity contribution in [1.82, 2.24) is 9.88 Å². The highest BCUT2D eigenvalue weighted by molar-refractivity contribution is 7.09. The van der Waals surface area contributed by atoms with Gasteiger partial charge in [0.25, 0.3) is 0 Å². The number of aryl methyl sites for hydroxylation is 1. The number of aromatic nitrogens is 1. The van der Waals surface area contributed by atoms with E-state index >= 15 is 0 Å². The van der Waals surface area contributed by atoms with Gasteiger partial charge in [-0.15, -0.1) is 11.3 Å². The first-order valence-corrected chi connectivity index (χ1v) is 6.35. The van der Waals surface area contributed by atoms with Crippen LogP contribution in [0.4, 0.5) is 4.39 Å². The predicted octanol–water partition coefficient (Wildman–Crippen LogP) is 3.22. The van der Waals surface area contributed by atoms with Gasteiger partial charge in [-0.1, -0.05) is 12.1 Å². The van der Waals surface area contributed by atoms with Gasteiger partial charge >= 0.3 is 0 Å². The van der Waals surface area contributed by atoms with Crippen LogP contribution in [-0.2, 0) is 13.1 Å². The van der Waals surface area contributed by atoms with Crippen LogP contribution >= 0.6 is 11.3 Å². The lowest BCUT2D eigenvalue weighted by atomic mass is 10.2. The maximum absolute atomic E-state index is 12.8. The monoisotopic (exact) mass is 250 g/mol. The van der Waals surface area contributed by atoms with E-state index in [-0.39, 0.29) is 5.82 Å². The molecule has 0 aliphatic heterocycles. The van der Waals surface area contributed by atoms with Crippen LogP contribution in [0.5, 0.6) is 0 Å². The summed E-state index contributed by atoms with van der Waals surface area (Å²) in [7, 11) is 2.06. The third kappa shape index (κ3) is 3.35. The van der Waals surface area contributed by atoms with Crippen molar-refractivity contribution in [2.45, 2.75) is 20.0 Å². The summed E-state index contributed by atoms with van der Waals surface area (Å²) in [4.78, 5) is 7.72. The molecular formula is C13H15FN2S. The van der Waals surface area contributed by atoms with E-state index in [1.165, 1.54) is 17.0 Å². The Kier molecular flexibility index (Phi) is 3.86. The Morgan fingerprint density at radius 1 is 1.24 bits per heavy atom. The molecule has 90 valence electrons. The van der Waals surface area contributed by atoms with Crippen LogP contribution in [0.3, 0.4) is 0 Å². The van der Waals surface area contributed by atoms with Crippen molar-refractivity contribution < 1.29 is 4.39 Å². The van der Waals surface area contributed by atoms with Gasteiger partial charge in [-0.2, -0.15) is 0 Å². The molecule has 0 amide bonds. The fourth-order valence-corrected chi connectivity index (χ4v) is 2.54. The van der Waals surface area contributed by atoms with Crippen molar-refractivity contribution in [2.24, 2.45) is 0 Å². The van der Waals surface area contributed by atoms with Gasteiger partial charge in [-0.25, -0.2) is 9.37 Å². The van der Waals surface area contributed by atoms with Gasteiger partial charge in [0, 0.05) is 18.0 Å². The van der Waals surface area contributed by atoms with Crippen LogP contribution in [0.2, 0.25) is 0 Å². The molecule has 0 radical (unpaired) electrons. The maximum atomic E-state index is 12.8. The number of benzene rings is 1. The van der Waals surface area contributed by atoms with Crippen LogP contribution < -0.4 is 0 Å². The molecule has 0 N–H and O–H groups in total. The van der Waals surface area contributed by atoms with Crippen molar-refractivity contribution in [3.05, 3.63) is 51.7 Å². The predicted molar refractivity (Wildman–Crippen MR) is 68.4 cm³/mol. The molecule has 0 aliphatic carbocycles.